The van der Waals surface area contributed by atoms with Gasteiger partial charge in [-0.25, -0.2) is 27.1 Å². The molecule has 10 heteroatoms. The van der Waals surface area contributed by atoms with Crippen molar-refractivity contribution in [3.63, 3.8) is 0 Å². The first-order chi connectivity index (χ1) is 14.1. The van der Waals surface area contributed by atoms with Crippen LogP contribution >= 0.6 is 0 Å². The largest absolute Gasteiger partial charge is 0.388 e. The lowest BCUT2D eigenvalue weighted by Gasteiger charge is -2.25. The van der Waals surface area contributed by atoms with Crippen molar-refractivity contribution < 1.29 is 27.4 Å². The standard InChI is InChI=1S/C20H26FN3O5S/c1-12(2)18-17(15(25)11-16-28-9-10-29-16)19(13-5-7-14(21)8-6-13)23-20(22-18)24(3)30(4,26)27/h5-8,12,15-16,25H,9-11H2,1-4H3. The van der Waals surface area contributed by atoms with E-state index in [2.05, 4.69) is 9.97 Å². The summed E-state index contributed by atoms with van der Waals surface area (Å²) < 4.78 is 49.5. The Morgan fingerprint density at radius 3 is 2.33 bits per heavy atom. The Bertz CT molecular complexity index is 992. The molecule has 1 N–H and O–H groups in total. The Kier molecular flexibility index (Phi) is 6.71. The molecule has 1 aliphatic heterocycles. The van der Waals surface area contributed by atoms with Crippen LogP contribution in [0.5, 0.6) is 0 Å². The average Bonchev–Trinajstić information content (AvgIpc) is 3.19. The van der Waals surface area contributed by atoms with E-state index >= 15 is 0 Å². The van der Waals surface area contributed by atoms with Crippen LogP contribution in [0.1, 0.15) is 43.5 Å². The van der Waals surface area contributed by atoms with E-state index in [1.807, 2.05) is 13.8 Å². The second kappa shape index (κ2) is 8.93. The van der Waals surface area contributed by atoms with E-state index in [1.54, 1.807) is 0 Å². The normalized spacial score (nSPS) is 16.2. The molecule has 0 radical (unpaired) electrons. The van der Waals surface area contributed by atoms with E-state index in [1.165, 1.54) is 31.3 Å². The number of aliphatic hydroxyl groups is 1. The molecule has 0 saturated carbocycles. The minimum absolute atomic E-state index is 0.0233. The number of hydrogen-bond donors (Lipinski definition) is 1. The number of anilines is 1. The maximum absolute atomic E-state index is 13.5. The van der Waals surface area contributed by atoms with Crippen LogP contribution in [0.15, 0.2) is 24.3 Å². The van der Waals surface area contributed by atoms with Gasteiger partial charge in [-0.3, -0.25) is 0 Å². The zero-order chi connectivity index (χ0) is 22.1. The molecule has 8 nitrogen and oxygen atoms in total. The van der Waals surface area contributed by atoms with Gasteiger partial charge in [0.15, 0.2) is 6.29 Å². The first-order valence-electron chi connectivity index (χ1n) is 9.61. The summed E-state index contributed by atoms with van der Waals surface area (Å²) in [5, 5.41) is 11.1. The average molecular weight is 440 g/mol. The fourth-order valence-electron chi connectivity index (χ4n) is 3.20. The van der Waals surface area contributed by atoms with Crippen molar-refractivity contribution in [1.82, 2.24) is 9.97 Å². The summed E-state index contributed by atoms with van der Waals surface area (Å²) in [5.74, 6) is -0.584. The third kappa shape index (κ3) is 4.94. The highest BCUT2D eigenvalue weighted by Gasteiger charge is 2.29. The molecule has 1 saturated heterocycles. The number of rotatable bonds is 7. The van der Waals surface area contributed by atoms with Crippen molar-refractivity contribution in [2.75, 3.05) is 30.8 Å². The van der Waals surface area contributed by atoms with Gasteiger partial charge in [-0.2, -0.15) is 0 Å². The van der Waals surface area contributed by atoms with Crippen LogP contribution in [0.4, 0.5) is 10.3 Å². The molecule has 1 aromatic carbocycles. The number of benzene rings is 1. The summed E-state index contributed by atoms with van der Waals surface area (Å²) in [4.78, 5) is 8.91. The number of aromatic nitrogens is 2. The zero-order valence-corrected chi connectivity index (χ0v) is 18.2. The van der Waals surface area contributed by atoms with E-state index in [9.17, 15) is 17.9 Å². The molecule has 1 unspecified atom stereocenters. The maximum Gasteiger partial charge on any atom is 0.239 e. The predicted molar refractivity (Wildman–Crippen MR) is 110 cm³/mol. The van der Waals surface area contributed by atoms with Crippen LogP contribution in [0.3, 0.4) is 0 Å². The number of ether oxygens (including phenoxy) is 2. The van der Waals surface area contributed by atoms with Gasteiger partial charge in [0.25, 0.3) is 0 Å². The Morgan fingerprint density at radius 2 is 1.80 bits per heavy atom. The van der Waals surface area contributed by atoms with Gasteiger partial charge in [-0.1, -0.05) is 13.8 Å². The second-order valence-corrected chi connectivity index (χ2v) is 9.50. The van der Waals surface area contributed by atoms with Gasteiger partial charge in [0.2, 0.25) is 16.0 Å². The molecule has 1 aromatic heterocycles. The lowest BCUT2D eigenvalue weighted by atomic mass is 9.93. The molecule has 0 bridgehead atoms. The van der Waals surface area contributed by atoms with Gasteiger partial charge < -0.3 is 14.6 Å². The summed E-state index contributed by atoms with van der Waals surface area (Å²) in [6, 6.07) is 5.63. The predicted octanol–water partition coefficient (Wildman–Crippen LogP) is 2.60. The second-order valence-electron chi connectivity index (χ2n) is 7.49. The van der Waals surface area contributed by atoms with E-state index in [0.717, 1.165) is 10.6 Å². The number of sulfonamides is 1. The maximum atomic E-state index is 13.5. The molecule has 0 aliphatic carbocycles. The summed E-state index contributed by atoms with van der Waals surface area (Å²) in [6.45, 7) is 4.68. The van der Waals surface area contributed by atoms with Gasteiger partial charge in [-0.05, 0) is 30.2 Å². The van der Waals surface area contributed by atoms with Gasteiger partial charge in [0, 0.05) is 24.6 Å². The van der Waals surface area contributed by atoms with E-state index in [4.69, 9.17) is 9.47 Å². The summed E-state index contributed by atoms with van der Waals surface area (Å²) in [5.41, 5.74) is 1.82. The first kappa shape index (κ1) is 22.5. The third-order valence-corrected chi connectivity index (χ3v) is 6.00. The molecule has 1 fully saturated rings. The molecule has 1 aliphatic rings. The smallest absolute Gasteiger partial charge is 0.239 e. The van der Waals surface area contributed by atoms with Crippen molar-refractivity contribution in [2.45, 2.75) is 38.6 Å². The lowest BCUT2D eigenvalue weighted by molar-refractivity contribution is -0.0709. The molecule has 1 atom stereocenters. The fraction of sp³-hybridized carbons (Fsp3) is 0.500. The monoisotopic (exact) mass is 439 g/mol. The summed E-state index contributed by atoms with van der Waals surface area (Å²) >= 11 is 0. The van der Waals surface area contributed by atoms with E-state index in [-0.39, 0.29) is 18.3 Å². The van der Waals surface area contributed by atoms with Crippen LogP contribution in [0, 0.1) is 5.82 Å². The molecule has 164 valence electrons. The lowest BCUT2D eigenvalue weighted by Crippen LogP contribution is -2.28. The molecule has 2 heterocycles. The Balaban J connectivity index is 2.19. The number of halogens is 1. The summed E-state index contributed by atoms with van der Waals surface area (Å²) in [7, 11) is -2.25. The van der Waals surface area contributed by atoms with Crippen LogP contribution < -0.4 is 4.31 Å². The van der Waals surface area contributed by atoms with E-state index < -0.39 is 28.2 Å². The van der Waals surface area contributed by atoms with Crippen molar-refractivity contribution in [1.29, 1.82) is 0 Å². The van der Waals surface area contributed by atoms with Gasteiger partial charge in [0.05, 0.1) is 37.0 Å². The topological polar surface area (TPSA) is 102 Å². The SMILES string of the molecule is CC(C)c1nc(N(C)S(C)(=O)=O)nc(-c2ccc(F)cc2)c1C(O)CC1OCCO1. The number of nitrogens with zero attached hydrogens (tertiary/aromatic N) is 3. The Hall–Kier alpha value is -2.14. The highest BCUT2D eigenvalue weighted by Crippen LogP contribution is 2.36. The zero-order valence-electron chi connectivity index (χ0n) is 17.4. The van der Waals surface area contributed by atoms with Crippen LogP contribution in [-0.4, -0.2) is 56.3 Å². The van der Waals surface area contributed by atoms with Crippen molar-refractivity contribution in [2.24, 2.45) is 0 Å². The molecule has 3 rings (SSSR count). The highest BCUT2D eigenvalue weighted by atomic mass is 32.2. The van der Waals surface area contributed by atoms with Crippen LogP contribution in [0.25, 0.3) is 11.3 Å². The summed E-state index contributed by atoms with van der Waals surface area (Å²) in [6.07, 6.45) is -0.360. The van der Waals surface area contributed by atoms with Gasteiger partial charge in [0.1, 0.15) is 5.82 Å². The number of hydrogen-bond acceptors (Lipinski definition) is 7. The van der Waals surface area contributed by atoms with E-state index in [0.29, 0.717) is 35.7 Å². The van der Waals surface area contributed by atoms with Crippen molar-refractivity contribution in [3.05, 3.63) is 41.3 Å². The van der Waals surface area contributed by atoms with Crippen molar-refractivity contribution in [3.8, 4) is 11.3 Å². The minimum Gasteiger partial charge on any atom is -0.388 e. The molecular formula is C20H26FN3O5S. The van der Waals surface area contributed by atoms with Crippen LogP contribution in [-0.2, 0) is 19.5 Å². The number of aliphatic hydroxyl groups excluding tert-OH is 1. The minimum atomic E-state index is -3.61. The molecule has 0 amide bonds. The highest BCUT2D eigenvalue weighted by molar-refractivity contribution is 7.92. The molecule has 30 heavy (non-hydrogen) atoms. The molecule has 0 spiro atoms. The van der Waals surface area contributed by atoms with Gasteiger partial charge in [-0.15, -0.1) is 0 Å². The Labute approximate surface area is 175 Å². The van der Waals surface area contributed by atoms with Gasteiger partial charge >= 0.3 is 0 Å². The fourth-order valence-corrected chi connectivity index (χ4v) is 3.58. The van der Waals surface area contributed by atoms with Crippen LogP contribution in [0.2, 0.25) is 0 Å². The molecule has 2 aromatic rings. The van der Waals surface area contributed by atoms with Crippen molar-refractivity contribution >= 4 is 16.0 Å². The Morgan fingerprint density at radius 1 is 1.20 bits per heavy atom. The third-order valence-electron chi connectivity index (χ3n) is 4.85. The first-order valence-corrected chi connectivity index (χ1v) is 11.5. The quantitative estimate of drug-likeness (QED) is 0.707. The molecular weight excluding hydrogens is 413 g/mol.